The fourth-order valence-corrected chi connectivity index (χ4v) is 0.927. The number of hydrogen-bond donors (Lipinski definition) is 2. The molecule has 1 aromatic rings. The molecule has 0 amide bonds. The van der Waals surface area contributed by atoms with Crippen LogP contribution in [0.25, 0.3) is 0 Å². The van der Waals surface area contributed by atoms with Crippen LogP contribution in [0.15, 0.2) is 18.2 Å². The van der Waals surface area contributed by atoms with E-state index in [9.17, 15) is 4.79 Å². The minimum atomic E-state index is -0.329. The summed E-state index contributed by atoms with van der Waals surface area (Å²) in [7, 11) is 1.34. The number of rotatable bonds is 4. The number of carbonyl (C=O) groups excluding carboxylic acids is 1. The first-order valence-electron chi connectivity index (χ1n) is 4.23. The highest BCUT2D eigenvalue weighted by Gasteiger charge is 2.00. The third-order valence-corrected chi connectivity index (χ3v) is 1.66. The maximum Gasteiger partial charge on any atom is 0.325 e. The summed E-state index contributed by atoms with van der Waals surface area (Å²) in [6, 6.07) is 5.42. The molecule has 5 nitrogen and oxygen atoms in total. The lowest BCUT2D eigenvalue weighted by atomic mass is 10.3. The predicted octanol–water partition coefficient (Wildman–Crippen LogP) is 0.125. The van der Waals surface area contributed by atoms with E-state index in [1.54, 1.807) is 6.07 Å². The van der Waals surface area contributed by atoms with Gasteiger partial charge in [-0.15, -0.1) is 0 Å². The third-order valence-electron chi connectivity index (χ3n) is 1.66. The van der Waals surface area contributed by atoms with Crippen molar-refractivity contribution in [2.24, 2.45) is 5.73 Å². The van der Waals surface area contributed by atoms with Gasteiger partial charge in [0.15, 0.2) is 0 Å². The Morgan fingerprint density at radius 1 is 1.64 bits per heavy atom. The standard InChI is InChI=1S/C9H13N3O2/c1-14-9(13)6-11-8-4-2-3-7(5-10)12-8/h2-4H,5-6,10H2,1H3,(H,11,12). The van der Waals surface area contributed by atoms with Gasteiger partial charge in [-0.3, -0.25) is 4.79 Å². The van der Waals surface area contributed by atoms with E-state index >= 15 is 0 Å². The molecule has 14 heavy (non-hydrogen) atoms. The number of esters is 1. The van der Waals surface area contributed by atoms with Crippen LogP contribution in [-0.4, -0.2) is 24.6 Å². The van der Waals surface area contributed by atoms with Crippen molar-refractivity contribution in [1.29, 1.82) is 0 Å². The van der Waals surface area contributed by atoms with Crippen molar-refractivity contribution in [2.75, 3.05) is 19.0 Å². The molecule has 1 rings (SSSR count). The summed E-state index contributed by atoms with van der Waals surface area (Å²) < 4.78 is 4.47. The number of methoxy groups -OCH3 is 1. The number of carbonyl (C=O) groups is 1. The van der Waals surface area contributed by atoms with Crippen molar-refractivity contribution in [2.45, 2.75) is 6.54 Å². The molecule has 1 heterocycles. The lowest BCUT2D eigenvalue weighted by molar-refractivity contribution is -0.138. The normalized spacial score (nSPS) is 9.57. The second kappa shape index (κ2) is 5.18. The minimum absolute atomic E-state index is 0.109. The van der Waals surface area contributed by atoms with Gasteiger partial charge in [-0.2, -0.15) is 0 Å². The van der Waals surface area contributed by atoms with Crippen molar-refractivity contribution in [3.8, 4) is 0 Å². The van der Waals surface area contributed by atoms with Crippen molar-refractivity contribution >= 4 is 11.8 Å². The number of anilines is 1. The number of nitrogens with zero attached hydrogens (tertiary/aromatic N) is 1. The fourth-order valence-electron chi connectivity index (χ4n) is 0.927. The van der Waals surface area contributed by atoms with Gasteiger partial charge in [-0.05, 0) is 12.1 Å². The Hall–Kier alpha value is -1.62. The average Bonchev–Trinajstić information content (AvgIpc) is 2.26. The Kier molecular flexibility index (Phi) is 3.87. The van der Waals surface area contributed by atoms with E-state index in [1.165, 1.54) is 7.11 Å². The van der Waals surface area contributed by atoms with Crippen molar-refractivity contribution < 1.29 is 9.53 Å². The van der Waals surface area contributed by atoms with Crippen LogP contribution >= 0.6 is 0 Å². The highest BCUT2D eigenvalue weighted by atomic mass is 16.5. The summed E-state index contributed by atoms with van der Waals surface area (Å²) in [5.41, 5.74) is 6.20. The second-order valence-electron chi connectivity index (χ2n) is 2.65. The molecule has 0 atom stereocenters. The van der Waals surface area contributed by atoms with E-state index in [1.807, 2.05) is 12.1 Å². The summed E-state index contributed by atoms with van der Waals surface area (Å²) in [5, 5.41) is 2.83. The molecule has 0 saturated heterocycles. The summed E-state index contributed by atoms with van der Waals surface area (Å²) in [6.07, 6.45) is 0. The number of ether oxygens (including phenoxy) is 1. The van der Waals surface area contributed by atoms with Gasteiger partial charge in [0.25, 0.3) is 0 Å². The maximum atomic E-state index is 10.8. The Bertz CT molecular complexity index is 315. The van der Waals surface area contributed by atoms with Gasteiger partial charge in [0.1, 0.15) is 12.4 Å². The van der Waals surface area contributed by atoms with Crippen molar-refractivity contribution in [3.05, 3.63) is 23.9 Å². The topological polar surface area (TPSA) is 77.2 Å². The lowest BCUT2D eigenvalue weighted by Crippen LogP contribution is -2.16. The second-order valence-corrected chi connectivity index (χ2v) is 2.65. The molecule has 0 aromatic carbocycles. The van der Waals surface area contributed by atoms with E-state index < -0.39 is 0 Å². The first-order chi connectivity index (χ1) is 6.76. The minimum Gasteiger partial charge on any atom is -0.468 e. The smallest absolute Gasteiger partial charge is 0.325 e. The van der Waals surface area contributed by atoms with E-state index in [0.717, 1.165) is 5.69 Å². The molecule has 5 heteroatoms. The number of nitrogens with two attached hydrogens (primary N) is 1. The number of pyridine rings is 1. The summed E-state index contributed by atoms with van der Waals surface area (Å²) in [4.78, 5) is 15.0. The molecule has 3 N–H and O–H groups in total. The molecule has 1 aromatic heterocycles. The average molecular weight is 195 g/mol. The zero-order valence-corrected chi connectivity index (χ0v) is 7.99. The highest BCUT2D eigenvalue weighted by molar-refractivity contribution is 5.74. The number of aromatic nitrogens is 1. The first-order valence-corrected chi connectivity index (χ1v) is 4.23. The molecular formula is C9H13N3O2. The van der Waals surface area contributed by atoms with Gasteiger partial charge in [-0.25, -0.2) is 4.98 Å². The third kappa shape index (κ3) is 3.02. The molecule has 0 aliphatic carbocycles. The molecular weight excluding hydrogens is 182 g/mol. The summed E-state index contributed by atoms with van der Waals surface area (Å²) in [5.74, 6) is 0.295. The molecule has 0 aliphatic rings. The van der Waals surface area contributed by atoms with Crippen LogP contribution in [0.2, 0.25) is 0 Å². The van der Waals surface area contributed by atoms with Gasteiger partial charge < -0.3 is 15.8 Å². The summed E-state index contributed by atoms with van der Waals surface area (Å²) >= 11 is 0. The molecule has 0 unspecified atom stereocenters. The zero-order chi connectivity index (χ0) is 10.4. The molecule has 0 aliphatic heterocycles. The molecule has 0 radical (unpaired) electrons. The molecule has 76 valence electrons. The zero-order valence-electron chi connectivity index (χ0n) is 7.99. The van der Waals surface area contributed by atoms with E-state index in [-0.39, 0.29) is 12.5 Å². The fraction of sp³-hybridized carbons (Fsp3) is 0.333. The molecule has 0 spiro atoms. The van der Waals surface area contributed by atoms with Gasteiger partial charge in [0.2, 0.25) is 0 Å². The van der Waals surface area contributed by atoms with Crippen LogP contribution in [0.3, 0.4) is 0 Å². The SMILES string of the molecule is COC(=O)CNc1cccc(CN)n1. The Balaban J connectivity index is 2.54. The molecule has 0 fully saturated rings. The Labute approximate surface area is 82.3 Å². The van der Waals surface area contributed by atoms with Crippen LogP contribution < -0.4 is 11.1 Å². The van der Waals surface area contributed by atoms with E-state index in [2.05, 4.69) is 15.0 Å². The van der Waals surface area contributed by atoms with Crippen molar-refractivity contribution in [3.63, 3.8) is 0 Å². The summed E-state index contributed by atoms with van der Waals surface area (Å²) in [6.45, 7) is 0.491. The van der Waals surface area contributed by atoms with E-state index in [0.29, 0.717) is 12.4 Å². The van der Waals surface area contributed by atoms with Crippen LogP contribution in [0.5, 0.6) is 0 Å². The van der Waals surface area contributed by atoms with E-state index in [4.69, 9.17) is 5.73 Å². The van der Waals surface area contributed by atoms with Gasteiger partial charge in [0, 0.05) is 6.54 Å². The Morgan fingerprint density at radius 3 is 3.07 bits per heavy atom. The molecule has 0 bridgehead atoms. The van der Waals surface area contributed by atoms with Gasteiger partial charge in [0.05, 0.1) is 12.8 Å². The van der Waals surface area contributed by atoms with Crippen LogP contribution in [0.4, 0.5) is 5.82 Å². The largest absolute Gasteiger partial charge is 0.468 e. The number of nitrogens with one attached hydrogen (secondary N) is 1. The Morgan fingerprint density at radius 2 is 2.43 bits per heavy atom. The maximum absolute atomic E-state index is 10.8. The van der Waals surface area contributed by atoms with Gasteiger partial charge in [-0.1, -0.05) is 6.07 Å². The van der Waals surface area contributed by atoms with Crippen molar-refractivity contribution in [1.82, 2.24) is 4.98 Å². The van der Waals surface area contributed by atoms with Crippen LogP contribution in [-0.2, 0) is 16.1 Å². The number of hydrogen-bond acceptors (Lipinski definition) is 5. The highest BCUT2D eigenvalue weighted by Crippen LogP contribution is 2.03. The first kappa shape index (κ1) is 10.5. The monoisotopic (exact) mass is 195 g/mol. The van der Waals surface area contributed by atoms with Crippen LogP contribution in [0.1, 0.15) is 5.69 Å². The van der Waals surface area contributed by atoms with Crippen LogP contribution in [0, 0.1) is 0 Å². The van der Waals surface area contributed by atoms with Gasteiger partial charge >= 0.3 is 5.97 Å². The molecule has 0 saturated carbocycles. The predicted molar refractivity (Wildman–Crippen MR) is 52.6 cm³/mol. The lowest BCUT2D eigenvalue weighted by Gasteiger charge is -2.04. The quantitative estimate of drug-likeness (QED) is 0.667.